The zero-order valence-electron chi connectivity index (χ0n) is 6.87. The molecular weight excluding hydrogens is 154 g/mol. The molecule has 0 atom stereocenters. The van der Waals surface area contributed by atoms with Gasteiger partial charge in [-0.25, -0.2) is 0 Å². The standard InChI is InChI=1S/C9H11NO2/c1-6-2-3-8(11)7(4-6)9(12)5-10/h2-4,11H,5,10H2,1H3. The van der Waals surface area contributed by atoms with Crippen LogP contribution in [0.3, 0.4) is 0 Å². The van der Waals surface area contributed by atoms with E-state index < -0.39 is 0 Å². The average molecular weight is 165 g/mol. The minimum atomic E-state index is -0.240. The van der Waals surface area contributed by atoms with Gasteiger partial charge in [0.2, 0.25) is 0 Å². The summed E-state index contributed by atoms with van der Waals surface area (Å²) in [6.45, 7) is 1.78. The summed E-state index contributed by atoms with van der Waals surface area (Å²) in [5.74, 6) is -0.243. The highest BCUT2D eigenvalue weighted by Gasteiger charge is 2.08. The molecule has 3 nitrogen and oxygen atoms in total. The van der Waals surface area contributed by atoms with E-state index in [0.29, 0.717) is 5.56 Å². The molecule has 0 aliphatic carbocycles. The lowest BCUT2D eigenvalue weighted by Gasteiger charge is -2.02. The molecule has 1 aromatic rings. The summed E-state index contributed by atoms with van der Waals surface area (Å²) in [5.41, 5.74) is 6.40. The van der Waals surface area contributed by atoms with Crippen molar-refractivity contribution < 1.29 is 9.90 Å². The molecule has 64 valence electrons. The maximum atomic E-state index is 11.1. The van der Waals surface area contributed by atoms with Gasteiger partial charge >= 0.3 is 0 Å². The highest BCUT2D eigenvalue weighted by Crippen LogP contribution is 2.17. The first-order valence-corrected chi connectivity index (χ1v) is 3.68. The first-order chi connectivity index (χ1) is 5.65. The molecule has 12 heavy (non-hydrogen) atoms. The Hall–Kier alpha value is -1.35. The highest BCUT2D eigenvalue weighted by atomic mass is 16.3. The topological polar surface area (TPSA) is 63.3 Å². The van der Waals surface area contributed by atoms with E-state index in [1.54, 1.807) is 12.1 Å². The van der Waals surface area contributed by atoms with Crippen LogP contribution in [0.5, 0.6) is 5.75 Å². The second-order valence-corrected chi connectivity index (χ2v) is 2.65. The van der Waals surface area contributed by atoms with E-state index in [4.69, 9.17) is 5.73 Å². The van der Waals surface area contributed by atoms with Gasteiger partial charge in [-0.05, 0) is 19.1 Å². The van der Waals surface area contributed by atoms with Crippen molar-refractivity contribution in [2.45, 2.75) is 6.92 Å². The first-order valence-electron chi connectivity index (χ1n) is 3.68. The molecule has 0 saturated carbocycles. The van der Waals surface area contributed by atoms with Crippen molar-refractivity contribution in [1.82, 2.24) is 0 Å². The molecule has 3 heteroatoms. The van der Waals surface area contributed by atoms with Crippen LogP contribution in [0.1, 0.15) is 15.9 Å². The molecule has 1 aromatic carbocycles. The molecule has 0 fully saturated rings. The van der Waals surface area contributed by atoms with Gasteiger partial charge in [-0.3, -0.25) is 4.79 Å². The molecule has 0 spiro atoms. The lowest BCUT2D eigenvalue weighted by Crippen LogP contribution is -2.13. The Morgan fingerprint density at radius 1 is 1.58 bits per heavy atom. The largest absolute Gasteiger partial charge is 0.507 e. The molecule has 0 aliphatic heterocycles. The third-order valence-electron chi connectivity index (χ3n) is 1.64. The van der Waals surface area contributed by atoms with E-state index >= 15 is 0 Å². The zero-order valence-corrected chi connectivity index (χ0v) is 6.87. The Morgan fingerprint density at radius 3 is 2.83 bits per heavy atom. The van der Waals surface area contributed by atoms with E-state index in [1.165, 1.54) is 6.07 Å². The van der Waals surface area contributed by atoms with Gasteiger partial charge in [0, 0.05) is 0 Å². The minimum absolute atomic E-state index is 0.00366. The van der Waals surface area contributed by atoms with Crippen LogP contribution in [0.4, 0.5) is 0 Å². The summed E-state index contributed by atoms with van der Waals surface area (Å²) in [6.07, 6.45) is 0. The Labute approximate surface area is 70.8 Å². The summed E-state index contributed by atoms with van der Waals surface area (Å²) in [6, 6.07) is 4.87. The number of ketones is 1. The number of phenols is 1. The third-order valence-corrected chi connectivity index (χ3v) is 1.64. The maximum absolute atomic E-state index is 11.1. The molecule has 1 rings (SSSR count). The number of benzene rings is 1. The number of rotatable bonds is 2. The van der Waals surface area contributed by atoms with Crippen LogP contribution in [-0.2, 0) is 0 Å². The van der Waals surface area contributed by atoms with Gasteiger partial charge in [-0.1, -0.05) is 11.6 Å². The Balaban J connectivity index is 3.13. The SMILES string of the molecule is Cc1ccc(O)c(C(=O)CN)c1. The minimum Gasteiger partial charge on any atom is -0.507 e. The number of carbonyl (C=O) groups is 1. The first kappa shape index (κ1) is 8.74. The molecule has 0 radical (unpaired) electrons. The quantitative estimate of drug-likeness (QED) is 0.638. The van der Waals surface area contributed by atoms with Crippen molar-refractivity contribution in [2.75, 3.05) is 6.54 Å². The van der Waals surface area contributed by atoms with Crippen molar-refractivity contribution in [3.63, 3.8) is 0 Å². The molecule has 3 N–H and O–H groups in total. The fraction of sp³-hybridized carbons (Fsp3) is 0.222. The van der Waals surface area contributed by atoms with Crippen molar-refractivity contribution >= 4 is 5.78 Å². The van der Waals surface area contributed by atoms with Crippen molar-refractivity contribution in [3.8, 4) is 5.75 Å². The number of hydrogen-bond acceptors (Lipinski definition) is 3. The fourth-order valence-electron chi connectivity index (χ4n) is 0.983. The monoisotopic (exact) mass is 165 g/mol. The van der Waals surface area contributed by atoms with Gasteiger partial charge < -0.3 is 10.8 Å². The van der Waals surface area contributed by atoms with Crippen LogP contribution in [0, 0.1) is 6.92 Å². The average Bonchev–Trinajstić information content (AvgIpc) is 2.08. The lowest BCUT2D eigenvalue weighted by atomic mass is 10.1. The van der Waals surface area contributed by atoms with Gasteiger partial charge in [-0.2, -0.15) is 0 Å². The van der Waals surface area contributed by atoms with Crippen LogP contribution in [0.15, 0.2) is 18.2 Å². The predicted molar refractivity (Wildman–Crippen MR) is 46.2 cm³/mol. The maximum Gasteiger partial charge on any atom is 0.180 e. The van der Waals surface area contributed by atoms with E-state index in [2.05, 4.69) is 0 Å². The van der Waals surface area contributed by atoms with Gasteiger partial charge in [-0.15, -0.1) is 0 Å². The third kappa shape index (κ3) is 1.62. The number of aromatic hydroxyl groups is 1. The summed E-state index contributed by atoms with van der Waals surface area (Å²) in [4.78, 5) is 11.1. The zero-order chi connectivity index (χ0) is 9.14. The molecule has 0 amide bonds. The lowest BCUT2D eigenvalue weighted by molar-refractivity contribution is 0.0999. The van der Waals surface area contributed by atoms with E-state index in [1.807, 2.05) is 6.92 Å². The number of hydrogen-bond donors (Lipinski definition) is 2. The number of nitrogens with two attached hydrogens (primary N) is 1. The van der Waals surface area contributed by atoms with Crippen LogP contribution in [0.25, 0.3) is 0 Å². The van der Waals surface area contributed by atoms with Crippen molar-refractivity contribution in [2.24, 2.45) is 5.73 Å². The van der Waals surface area contributed by atoms with Crippen LogP contribution in [0.2, 0.25) is 0 Å². The normalized spacial score (nSPS) is 9.83. The smallest absolute Gasteiger partial charge is 0.180 e. The Bertz CT molecular complexity index is 307. The molecule has 0 aromatic heterocycles. The molecule has 0 aliphatic rings. The van der Waals surface area contributed by atoms with Gasteiger partial charge in [0.05, 0.1) is 12.1 Å². The number of Topliss-reactive ketones (excluding diaryl/α,β-unsaturated/α-hetero) is 1. The number of aryl methyl sites for hydroxylation is 1. The summed E-state index contributed by atoms with van der Waals surface area (Å²) in [5, 5.41) is 9.26. The van der Waals surface area contributed by atoms with Crippen molar-refractivity contribution in [1.29, 1.82) is 0 Å². The Morgan fingerprint density at radius 2 is 2.25 bits per heavy atom. The summed E-state index contributed by atoms with van der Waals surface area (Å²) < 4.78 is 0. The predicted octanol–water partition coefficient (Wildman–Crippen LogP) is 0.842. The van der Waals surface area contributed by atoms with E-state index in [0.717, 1.165) is 5.56 Å². The van der Waals surface area contributed by atoms with E-state index in [9.17, 15) is 9.90 Å². The molecule has 0 bridgehead atoms. The Kier molecular flexibility index (Phi) is 2.45. The number of phenolic OH excluding ortho intramolecular Hbond substituents is 1. The van der Waals surface area contributed by atoms with Gasteiger partial charge in [0.15, 0.2) is 5.78 Å². The summed E-state index contributed by atoms with van der Waals surface area (Å²) >= 11 is 0. The van der Waals surface area contributed by atoms with Gasteiger partial charge in [0.25, 0.3) is 0 Å². The second kappa shape index (κ2) is 3.36. The van der Waals surface area contributed by atoms with E-state index in [-0.39, 0.29) is 18.1 Å². The fourth-order valence-corrected chi connectivity index (χ4v) is 0.983. The van der Waals surface area contributed by atoms with Crippen LogP contribution in [-0.4, -0.2) is 17.4 Å². The molecular formula is C9H11NO2. The van der Waals surface area contributed by atoms with Crippen molar-refractivity contribution in [3.05, 3.63) is 29.3 Å². The van der Waals surface area contributed by atoms with Crippen LogP contribution >= 0.6 is 0 Å². The number of carbonyl (C=O) groups excluding carboxylic acids is 1. The van der Waals surface area contributed by atoms with Crippen LogP contribution < -0.4 is 5.73 Å². The second-order valence-electron chi connectivity index (χ2n) is 2.65. The van der Waals surface area contributed by atoms with Gasteiger partial charge in [0.1, 0.15) is 5.75 Å². The molecule has 0 saturated heterocycles. The highest BCUT2D eigenvalue weighted by molar-refractivity contribution is 6.00. The molecule has 0 heterocycles. The molecule has 0 unspecified atom stereocenters. The summed E-state index contributed by atoms with van der Waals surface area (Å²) in [7, 11) is 0.